The van der Waals surface area contributed by atoms with Gasteiger partial charge in [0.05, 0.1) is 34.3 Å². The molecule has 0 aromatic heterocycles. The average molecular weight is 831 g/mol. The highest BCUT2D eigenvalue weighted by Gasteiger charge is 2.19. The topological polar surface area (TPSA) is 175 Å². The Labute approximate surface area is 332 Å². The van der Waals surface area contributed by atoms with Crippen LogP contribution in [0.4, 0.5) is 0 Å². The van der Waals surface area contributed by atoms with Crippen LogP contribution in [0, 0.1) is 0 Å². The highest BCUT2D eigenvalue weighted by atomic mass is 35.5. The fraction of sp³-hybridized carbons (Fsp3) is 0.263. The maximum Gasteiger partial charge on any atom is 0.382 e. The molecule has 16 heteroatoms. The molecule has 0 aliphatic rings. The van der Waals surface area contributed by atoms with Crippen molar-refractivity contribution in [3.63, 3.8) is 0 Å². The Kier molecular flexibility index (Phi) is 22.9. The number of unbranched alkanes of at least 4 members (excludes halogenated alkanes) is 2. The summed E-state index contributed by atoms with van der Waals surface area (Å²) in [7, 11) is 1.34. The van der Waals surface area contributed by atoms with Crippen molar-refractivity contribution in [3.8, 4) is 17.2 Å². The van der Waals surface area contributed by atoms with Crippen LogP contribution in [0.15, 0.2) is 91.0 Å². The Morgan fingerprint density at radius 3 is 1.76 bits per heavy atom. The number of hydrogen-bond donors (Lipinski definition) is 3. The summed E-state index contributed by atoms with van der Waals surface area (Å²) < 4.78 is 15.3. The van der Waals surface area contributed by atoms with Crippen LogP contribution in [-0.4, -0.2) is 65.1 Å². The third-order valence-corrected chi connectivity index (χ3v) is 7.55. The molecule has 0 bridgehead atoms. The summed E-state index contributed by atoms with van der Waals surface area (Å²) in [6.07, 6.45) is 1.43. The lowest BCUT2D eigenvalue weighted by atomic mass is 10.2. The van der Waals surface area contributed by atoms with Gasteiger partial charge in [0.15, 0.2) is 18.0 Å². The van der Waals surface area contributed by atoms with Crippen LogP contribution < -0.4 is 14.2 Å². The van der Waals surface area contributed by atoms with Crippen LogP contribution in [0.25, 0.3) is 0 Å². The number of hydrogen-bond acceptors (Lipinski definition) is 9. The third kappa shape index (κ3) is 18.4. The largest absolute Gasteiger partial charge is 0.494 e. The fourth-order valence-electron chi connectivity index (χ4n) is 3.65. The summed E-state index contributed by atoms with van der Waals surface area (Å²) in [5.41, 5.74) is 0.217. The Hall–Kier alpha value is -4.72. The number of carbonyl (C=O) groups excluding carboxylic acids is 1. The van der Waals surface area contributed by atoms with Gasteiger partial charge in [0.25, 0.3) is 0 Å². The summed E-state index contributed by atoms with van der Waals surface area (Å²) in [4.78, 5) is 52.4. The Morgan fingerprint density at radius 2 is 1.28 bits per heavy atom. The van der Waals surface area contributed by atoms with Gasteiger partial charge >= 0.3 is 23.9 Å². The second kappa shape index (κ2) is 26.1. The Bertz CT molecular complexity index is 1760. The minimum absolute atomic E-state index is 0.0849. The van der Waals surface area contributed by atoms with Gasteiger partial charge in [-0.25, -0.2) is 19.2 Å². The molecule has 0 spiro atoms. The molecule has 12 nitrogen and oxygen atoms in total. The lowest BCUT2D eigenvalue weighted by Gasteiger charge is -2.12. The van der Waals surface area contributed by atoms with E-state index in [4.69, 9.17) is 80.8 Å². The van der Waals surface area contributed by atoms with Crippen LogP contribution in [-0.2, 0) is 19.4 Å². The number of carboxylic acid groups (broad SMARTS) is 3. The van der Waals surface area contributed by atoms with E-state index in [1.807, 2.05) is 18.2 Å². The van der Waals surface area contributed by atoms with Gasteiger partial charge in [-0.2, -0.15) is 4.89 Å². The standard InChI is InChI=1S/C14H20O4.C9H8Cl2O3.C8H6Cl2O3.C7H6O2/c1-3-4-8-11-16-18-14(15)12(2)17-13-9-6-5-7-10-13;1-5(9(12)13)14-8-3-2-6(10)4-7(8)11;1-13-7-5(10)3-2-4(9)6(7)8(11)12;8-7(9)6-4-2-1-3-5-6/h5-7,9-10,12H,3-4,8,11H2,1-2H3;2-5H,1H3,(H,12,13);2-3H,1H3,(H,11,12);1-5H,(H,8,9). The molecule has 4 aromatic rings. The van der Waals surface area contributed by atoms with Crippen LogP contribution in [0.3, 0.4) is 0 Å². The molecule has 4 rings (SSSR count). The molecule has 0 saturated carbocycles. The molecule has 0 saturated heterocycles. The van der Waals surface area contributed by atoms with E-state index in [1.54, 1.807) is 55.5 Å². The second-order valence-corrected chi connectivity index (χ2v) is 12.2. The molecule has 3 N–H and O–H groups in total. The Balaban J connectivity index is 0.000000369. The fourth-order valence-corrected chi connectivity index (χ4v) is 4.57. The lowest BCUT2D eigenvalue weighted by molar-refractivity contribution is -0.277. The lowest BCUT2D eigenvalue weighted by Crippen LogP contribution is -2.26. The van der Waals surface area contributed by atoms with Crippen molar-refractivity contribution in [2.75, 3.05) is 13.7 Å². The van der Waals surface area contributed by atoms with E-state index in [2.05, 4.69) is 11.8 Å². The van der Waals surface area contributed by atoms with Crippen LogP contribution in [0.2, 0.25) is 20.1 Å². The van der Waals surface area contributed by atoms with Gasteiger partial charge in [0.1, 0.15) is 17.1 Å². The number of carboxylic acids is 3. The first kappa shape index (κ1) is 47.3. The third-order valence-electron chi connectivity index (χ3n) is 6.40. The van der Waals surface area contributed by atoms with Crippen molar-refractivity contribution in [1.82, 2.24) is 0 Å². The zero-order chi connectivity index (χ0) is 40.6. The SMILES string of the molecule is CC(Oc1ccc(Cl)cc1Cl)C(=O)O.CCCCCOOC(=O)C(C)Oc1ccccc1.COc1c(Cl)ccc(Cl)c1C(=O)O.O=C(O)c1ccccc1. The molecule has 0 heterocycles. The summed E-state index contributed by atoms with van der Waals surface area (Å²) in [6, 6.07) is 24.9. The number of para-hydroxylation sites is 1. The van der Waals surface area contributed by atoms with Crippen LogP contribution >= 0.6 is 46.4 Å². The van der Waals surface area contributed by atoms with Crippen molar-refractivity contribution in [2.45, 2.75) is 52.2 Å². The van der Waals surface area contributed by atoms with Crippen LogP contribution in [0.1, 0.15) is 60.7 Å². The van der Waals surface area contributed by atoms with E-state index in [1.165, 1.54) is 38.3 Å². The quantitative estimate of drug-likeness (QED) is 0.0624. The number of rotatable bonds is 14. The number of aliphatic carboxylic acids is 1. The van der Waals surface area contributed by atoms with Gasteiger partial charge in [-0.3, -0.25) is 4.89 Å². The number of methoxy groups -OCH3 is 1. The molecule has 0 radical (unpaired) electrons. The number of carbonyl (C=O) groups is 4. The van der Waals surface area contributed by atoms with Crippen molar-refractivity contribution >= 4 is 70.3 Å². The van der Waals surface area contributed by atoms with Crippen molar-refractivity contribution in [3.05, 3.63) is 122 Å². The predicted octanol–water partition coefficient (Wildman–Crippen LogP) is 10.0. The normalized spacial score (nSPS) is 11.0. The smallest absolute Gasteiger partial charge is 0.382 e. The minimum Gasteiger partial charge on any atom is -0.494 e. The van der Waals surface area contributed by atoms with Crippen LogP contribution in [0.5, 0.6) is 17.2 Å². The van der Waals surface area contributed by atoms with Crippen molar-refractivity contribution in [2.24, 2.45) is 0 Å². The molecule has 0 aliphatic carbocycles. The first-order valence-electron chi connectivity index (χ1n) is 16.1. The summed E-state index contributed by atoms with van der Waals surface area (Å²) in [5, 5.41) is 26.9. The van der Waals surface area contributed by atoms with Gasteiger partial charge < -0.3 is 29.5 Å². The number of aromatic carboxylic acids is 2. The van der Waals surface area contributed by atoms with Crippen molar-refractivity contribution < 1.29 is 58.5 Å². The molecule has 2 atom stereocenters. The minimum atomic E-state index is -1.16. The number of ether oxygens (including phenoxy) is 3. The summed E-state index contributed by atoms with van der Waals surface area (Å²) >= 11 is 22.8. The summed E-state index contributed by atoms with van der Waals surface area (Å²) in [5.74, 6) is -2.58. The molecule has 54 heavy (non-hydrogen) atoms. The second-order valence-electron chi connectivity index (χ2n) is 10.6. The van der Waals surface area contributed by atoms with E-state index in [0.717, 1.165) is 19.3 Å². The van der Waals surface area contributed by atoms with E-state index in [0.29, 0.717) is 33.7 Å². The average Bonchev–Trinajstić information content (AvgIpc) is 3.14. The number of benzene rings is 4. The molecule has 0 fully saturated rings. The predicted molar refractivity (Wildman–Crippen MR) is 206 cm³/mol. The van der Waals surface area contributed by atoms with E-state index < -0.39 is 36.1 Å². The van der Waals surface area contributed by atoms with Gasteiger partial charge in [0.2, 0.25) is 0 Å². The zero-order valence-electron chi connectivity index (χ0n) is 29.7. The van der Waals surface area contributed by atoms with Gasteiger partial charge in [-0.05, 0) is 74.9 Å². The maximum atomic E-state index is 11.5. The van der Waals surface area contributed by atoms with E-state index in [9.17, 15) is 19.2 Å². The zero-order valence-corrected chi connectivity index (χ0v) is 32.7. The van der Waals surface area contributed by atoms with E-state index in [-0.39, 0.29) is 21.4 Å². The van der Waals surface area contributed by atoms with Gasteiger partial charge in [-0.1, -0.05) is 103 Å². The molecule has 0 amide bonds. The van der Waals surface area contributed by atoms with Gasteiger partial charge in [-0.15, -0.1) is 0 Å². The molecular weight excluding hydrogens is 790 g/mol. The molecule has 4 aromatic carbocycles. The monoisotopic (exact) mass is 828 g/mol. The number of halogens is 4. The summed E-state index contributed by atoms with van der Waals surface area (Å²) in [6.45, 7) is 5.58. The highest BCUT2D eigenvalue weighted by Crippen LogP contribution is 2.33. The van der Waals surface area contributed by atoms with E-state index >= 15 is 0 Å². The molecular formula is C38H40Cl4O12. The molecule has 2 unspecified atom stereocenters. The molecule has 0 aliphatic heterocycles. The Morgan fingerprint density at radius 1 is 0.685 bits per heavy atom. The first-order valence-corrected chi connectivity index (χ1v) is 17.6. The van der Waals surface area contributed by atoms with Gasteiger partial charge in [0, 0.05) is 5.02 Å². The molecule has 292 valence electrons. The highest BCUT2D eigenvalue weighted by molar-refractivity contribution is 6.37. The van der Waals surface area contributed by atoms with Crippen molar-refractivity contribution in [1.29, 1.82) is 0 Å². The maximum absolute atomic E-state index is 11.5. The first-order chi connectivity index (χ1) is 25.6.